The molecular weight excluding hydrogens is 300 g/mol. The van der Waals surface area contributed by atoms with Crippen LogP contribution >= 0.6 is 23.6 Å². The van der Waals surface area contributed by atoms with E-state index in [1.807, 2.05) is 0 Å². The van der Waals surface area contributed by atoms with Crippen molar-refractivity contribution in [3.8, 4) is 0 Å². The Balaban J connectivity index is 2.20. The van der Waals surface area contributed by atoms with Crippen LogP contribution in [-0.4, -0.2) is 30.8 Å². The fourth-order valence-corrected chi connectivity index (χ4v) is 5.00. The molecule has 2 rings (SSSR count). The van der Waals surface area contributed by atoms with E-state index in [1.54, 1.807) is 16.4 Å². The fraction of sp³-hybridized carbons (Fsp3) is 0.583. The predicted molar refractivity (Wildman–Crippen MR) is 82.0 cm³/mol. The van der Waals surface area contributed by atoms with Gasteiger partial charge in [0.05, 0.1) is 4.88 Å². The second kappa shape index (κ2) is 5.12. The van der Waals surface area contributed by atoms with E-state index < -0.39 is 10.0 Å². The molecule has 0 aliphatic carbocycles. The number of hydrogen-bond donors (Lipinski definition) is 1. The number of nitrogens with two attached hydrogens (primary N) is 1. The predicted octanol–water partition coefficient (Wildman–Crippen LogP) is 2.19. The lowest BCUT2D eigenvalue weighted by atomic mass is 9.83. The summed E-state index contributed by atoms with van der Waals surface area (Å²) in [6.45, 7) is 5.51. The summed E-state index contributed by atoms with van der Waals surface area (Å²) in [5.41, 5.74) is 5.75. The van der Waals surface area contributed by atoms with Crippen molar-refractivity contribution in [1.82, 2.24) is 4.31 Å². The van der Waals surface area contributed by atoms with Crippen LogP contribution in [0, 0.1) is 5.41 Å². The third-order valence-electron chi connectivity index (χ3n) is 3.49. The third kappa shape index (κ3) is 3.16. The molecule has 1 saturated heterocycles. The second-order valence-corrected chi connectivity index (χ2v) is 9.24. The minimum Gasteiger partial charge on any atom is -0.389 e. The zero-order valence-electron chi connectivity index (χ0n) is 11.0. The van der Waals surface area contributed by atoms with Gasteiger partial charge in [0.1, 0.15) is 9.20 Å². The summed E-state index contributed by atoms with van der Waals surface area (Å²) in [5.74, 6) is 0. The molecule has 1 fully saturated rings. The number of hydrogen-bond acceptors (Lipinski definition) is 4. The van der Waals surface area contributed by atoms with Gasteiger partial charge in [0.15, 0.2) is 0 Å². The maximum Gasteiger partial charge on any atom is 0.252 e. The van der Waals surface area contributed by atoms with Crippen molar-refractivity contribution in [3.63, 3.8) is 0 Å². The van der Waals surface area contributed by atoms with Gasteiger partial charge in [0.25, 0.3) is 10.0 Å². The van der Waals surface area contributed by atoms with Gasteiger partial charge >= 0.3 is 0 Å². The van der Waals surface area contributed by atoms with E-state index in [9.17, 15) is 8.42 Å². The van der Waals surface area contributed by atoms with E-state index in [1.165, 1.54) is 0 Å². The Bertz CT molecular complexity index is 580. The van der Waals surface area contributed by atoms with E-state index in [0.717, 1.165) is 24.2 Å². The highest BCUT2D eigenvalue weighted by atomic mass is 32.2. The lowest BCUT2D eigenvalue weighted by molar-refractivity contribution is 0.196. The van der Waals surface area contributed by atoms with Crippen molar-refractivity contribution in [1.29, 1.82) is 0 Å². The van der Waals surface area contributed by atoms with Crippen LogP contribution in [-0.2, 0) is 10.0 Å². The normalized spacial score (nSPS) is 20.3. The van der Waals surface area contributed by atoms with Gasteiger partial charge in [-0.25, -0.2) is 8.42 Å². The van der Waals surface area contributed by atoms with E-state index in [2.05, 4.69) is 13.8 Å². The minimum absolute atomic E-state index is 0.228. The first kappa shape index (κ1) is 14.9. The first-order valence-electron chi connectivity index (χ1n) is 6.12. The van der Waals surface area contributed by atoms with Crippen LogP contribution in [0.5, 0.6) is 0 Å². The molecule has 106 valence electrons. The molecule has 0 atom stereocenters. The summed E-state index contributed by atoms with van der Waals surface area (Å²) in [6, 6.07) is 3.27. The fourth-order valence-electron chi connectivity index (χ4n) is 2.05. The maximum absolute atomic E-state index is 12.5. The Morgan fingerprint density at radius 2 is 1.95 bits per heavy atom. The highest BCUT2D eigenvalue weighted by molar-refractivity contribution is 7.91. The molecule has 0 radical (unpaired) electrons. The lowest BCUT2D eigenvalue weighted by Gasteiger charge is -2.35. The molecule has 19 heavy (non-hydrogen) atoms. The molecule has 2 N–H and O–H groups in total. The second-order valence-electron chi connectivity index (χ2n) is 5.55. The van der Waals surface area contributed by atoms with Crippen LogP contribution in [0.1, 0.15) is 31.6 Å². The standard InChI is InChI=1S/C12H18N2O2S3/c1-12(2)5-7-14(8-6-12)19(15,16)10-4-3-9(18-10)11(13)17/h3-4H,5-8H2,1-2H3,(H2,13,17). The molecule has 2 heterocycles. The van der Waals surface area contributed by atoms with Crippen molar-refractivity contribution in [2.75, 3.05) is 13.1 Å². The number of rotatable bonds is 3. The average molecular weight is 318 g/mol. The van der Waals surface area contributed by atoms with Gasteiger partial charge in [-0.05, 0) is 30.4 Å². The smallest absolute Gasteiger partial charge is 0.252 e. The summed E-state index contributed by atoms with van der Waals surface area (Å²) in [5, 5.41) is 0. The molecule has 0 saturated carbocycles. The Hall–Kier alpha value is -0.500. The Kier molecular flexibility index (Phi) is 4.02. The van der Waals surface area contributed by atoms with Crippen molar-refractivity contribution >= 4 is 38.6 Å². The van der Waals surface area contributed by atoms with E-state index in [-0.39, 0.29) is 10.4 Å². The van der Waals surface area contributed by atoms with Crippen LogP contribution in [0.2, 0.25) is 0 Å². The summed E-state index contributed by atoms with van der Waals surface area (Å²) >= 11 is 6.01. The lowest BCUT2D eigenvalue weighted by Crippen LogP contribution is -2.40. The molecule has 1 aliphatic heterocycles. The SMILES string of the molecule is CC1(C)CCN(S(=O)(=O)c2ccc(C(N)=S)s2)CC1. The highest BCUT2D eigenvalue weighted by Crippen LogP contribution is 2.33. The molecule has 0 amide bonds. The molecule has 1 aliphatic rings. The van der Waals surface area contributed by atoms with E-state index in [4.69, 9.17) is 18.0 Å². The summed E-state index contributed by atoms with van der Waals surface area (Å²) in [4.78, 5) is 0.886. The number of thiophene rings is 1. The number of sulfonamides is 1. The molecule has 7 heteroatoms. The van der Waals surface area contributed by atoms with Gasteiger partial charge in [-0.15, -0.1) is 11.3 Å². The average Bonchev–Trinajstić information content (AvgIpc) is 2.78. The van der Waals surface area contributed by atoms with Crippen LogP contribution < -0.4 is 5.73 Å². The van der Waals surface area contributed by atoms with Crippen molar-refractivity contribution < 1.29 is 8.42 Å². The van der Waals surface area contributed by atoms with Gasteiger partial charge in [-0.2, -0.15) is 4.31 Å². The van der Waals surface area contributed by atoms with Crippen LogP contribution in [0.25, 0.3) is 0 Å². The minimum atomic E-state index is -3.39. The Morgan fingerprint density at radius 3 is 2.42 bits per heavy atom. The number of nitrogens with zero attached hydrogens (tertiary/aromatic N) is 1. The number of piperidine rings is 1. The maximum atomic E-state index is 12.5. The number of thiocarbonyl (C=S) groups is 1. The summed E-state index contributed by atoms with van der Waals surface area (Å²) in [7, 11) is -3.39. The van der Waals surface area contributed by atoms with E-state index in [0.29, 0.717) is 22.2 Å². The first-order chi connectivity index (χ1) is 8.72. The van der Waals surface area contributed by atoms with Gasteiger partial charge in [0.2, 0.25) is 0 Å². The summed E-state index contributed by atoms with van der Waals surface area (Å²) in [6.07, 6.45) is 1.78. The van der Waals surface area contributed by atoms with Crippen LogP contribution in [0.3, 0.4) is 0 Å². The zero-order valence-corrected chi connectivity index (χ0v) is 13.5. The third-order valence-corrected chi connectivity index (χ3v) is 7.33. The molecule has 0 aromatic carbocycles. The monoisotopic (exact) mass is 318 g/mol. The summed E-state index contributed by atoms with van der Waals surface area (Å²) < 4.78 is 26.9. The molecule has 0 spiro atoms. The van der Waals surface area contributed by atoms with Crippen molar-refractivity contribution in [2.24, 2.45) is 11.1 Å². The van der Waals surface area contributed by atoms with Crippen molar-refractivity contribution in [2.45, 2.75) is 30.9 Å². The molecule has 4 nitrogen and oxygen atoms in total. The highest BCUT2D eigenvalue weighted by Gasteiger charge is 2.33. The Labute approximate surface area is 123 Å². The van der Waals surface area contributed by atoms with E-state index >= 15 is 0 Å². The molecular formula is C12H18N2O2S3. The Morgan fingerprint density at radius 1 is 1.37 bits per heavy atom. The van der Waals surface area contributed by atoms with Crippen LogP contribution in [0.4, 0.5) is 0 Å². The largest absolute Gasteiger partial charge is 0.389 e. The van der Waals surface area contributed by atoms with Gasteiger partial charge in [-0.3, -0.25) is 0 Å². The molecule has 0 bridgehead atoms. The molecule has 1 aromatic rings. The zero-order chi connectivity index (χ0) is 14.3. The topological polar surface area (TPSA) is 63.4 Å². The molecule has 1 aromatic heterocycles. The molecule has 0 unspecified atom stereocenters. The van der Waals surface area contributed by atoms with Gasteiger partial charge < -0.3 is 5.73 Å². The van der Waals surface area contributed by atoms with Gasteiger partial charge in [0, 0.05) is 13.1 Å². The van der Waals surface area contributed by atoms with Gasteiger partial charge in [-0.1, -0.05) is 26.1 Å². The van der Waals surface area contributed by atoms with Crippen molar-refractivity contribution in [3.05, 3.63) is 17.0 Å². The van der Waals surface area contributed by atoms with Crippen LogP contribution in [0.15, 0.2) is 16.3 Å². The quantitative estimate of drug-likeness (QED) is 0.868. The first-order valence-corrected chi connectivity index (χ1v) is 8.79.